The number of rotatable bonds is 8. The van der Waals surface area contributed by atoms with Crippen molar-refractivity contribution >= 4 is 25.2 Å². The highest BCUT2D eigenvalue weighted by molar-refractivity contribution is 7.59. The molecule has 1 amide bonds. The molecule has 1 aliphatic heterocycles. The Bertz CT molecular complexity index is 593. The molecule has 1 aromatic carbocycles. The predicted octanol–water partition coefficient (Wildman–Crippen LogP) is 2.98. The second-order valence-corrected chi connectivity index (χ2v) is 7.24. The number of carbonyl (C=O) groups excluding carboxylic acids is 2. The molecule has 0 spiro atoms. The van der Waals surface area contributed by atoms with Gasteiger partial charge in [-0.15, -0.1) is 0 Å². The van der Waals surface area contributed by atoms with Crippen molar-refractivity contribution in [3.05, 3.63) is 35.9 Å². The average molecular weight is 382 g/mol. The van der Waals surface area contributed by atoms with Crippen LogP contribution in [0.2, 0.25) is 0 Å². The van der Waals surface area contributed by atoms with Gasteiger partial charge in [0.15, 0.2) is 5.78 Å². The highest BCUT2D eigenvalue weighted by atomic mass is 32.1. The second-order valence-electron chi connectivity index (χ2n) is 7.24. The van der Waals surface area contributed by atoms with Crippen LogP contribution in [0.3, 0.4) is 0 Å². The van der Waals surface area contributed by atoms with Crippen molar-refractivity contribution < 1.29 is 19.1 Å². The number of nitrogens with one attached hydrogen (secondary N) is 1. The van der Waals surface area contributed by atoms with Gasteiger partial charge in [0.25, 0.3) is 0 Å². The van der Waals surface area contributed by atoms with E-state index in [1.165, 1.54) is 0 Å². The number of hydrogen-bond acceptors (Lipinski definition) is 4. The minimum absolute atomic E-state index is 0. The van der Waals surface area contributed by atoms with Crippen LogP contribution in [0.15, 0.2) is 30.3 Å². The van der Waals surface area contributed by atoms with Crippen LogP contribution in [-0.4, -0.2) is 36.0 Å². The van der Waals surface area contributed by atoms with Gasteiger partial charge in [0, 0.05) is 0 Å². The fourth-order valence-electron chi connectivity index (χ4n) is 3.14. The molecule has 5 nitrogen and oxygen atoms in total. The third kappa shape index (κ3) is 5.56. The van der Waals surface area contributed by atoms with Crippen LogP contribution < -0.4 is 5.32 Å². The van der Waals surface area contributed by atoms with Crippen LogP contribution in [0.4, 0.5) is 0 Å². The van der Waals surface area contributed by atoms with E-state index in [9.17, 15) is 9.59 Å². The zero-order chi connectivity index (χ0) is 18.4. The van der Waals surface area contributed by atoms with Gasteiger partial charge in [-0.1, -0.05) is 51.1 Å². The Morgan fingerprint density at radius 1 is 1.35 bits per heavy atom. The topological polar surface area (TPSA) is 64.6 Å². The lowest BCUT2D eigenvalue weighted by Gasteiger charge is -2.31. The zero-order valence-corrected chi connectivity index (χ0v) is 17.1. The van der Waals surface area contributed by atoms with Crippen molar-refractivity contribution in [1.82, 2.24) is 5.32 Å². The standard InChI is InChI=1S/C20H29NO4.H2S/c1-5-18-20(4,17(22)13-25-18)21-19(23)16(11-14(2)3)24-12-15-9-7-6-8-10-15;/h6-10,14,16,18H,5,11-13H2,1-4H3,(H,21,23);1H2/t16-,18+,20-;/m0./s1. The Kier molecular flexibility index (Phi) is 8.80. The predicted molar refractivity (Wildman–Crippen MR) is 106 cm³/mol. The minimum Gasteiger partial charge on any atom is -0.367 e. The Morgan fingerprint density at radius 2 is 2.00 bits per heavy atom. The number of Topliss-reactive ketones (excluding diaryl/α,β-unsaturated/α-hetero) is 1. The monoisotopic (exact) mass is 381 g/mol. The van der Waals surface area contributed by atoms with Crippen LogP contribution in [-0.2, 0) is 25.7 Å². The highest BCUT2D eigenvalue weighted by Gasteiger charge is 2.48. The molecule has 1 aromatic rings. The van der Waals surface area contributed by atoms with Gasteiger partial charge >= 0.3 is 0 Å². The number of ketones is 1. The number of benzene rings is 1. The Labute approximate surface area is 163 Å². The van der Waals surface area contributed by atoms with Crippen molar-refractivity contribution in [3.63, 3.8) is 0 Å². The molecule has 0 radical (unpaired) electrons. The normalized spacial score (nSPS) is 23.6. The molecule has 0 unspecified atom stereocenters. The molecule has 0 aromatic heterocycles. The van der Waals surface area contributed by atoms with E-state index >= 15 is 0 Å². The third-order valence-corrected chi connectivity index (χ3v) is 4.66. The van der Waals surface area contributed by atoms with Crippen molar-refractivity contribution in [2.45, 2.75) is 64.9 Å². The molecule has 0 aliphatic carbocycles. The third-order valence-electron chi connectivity index (χ3n) is 4.66. The molecule has 146 valence electrons. The summed E-state index contributed by atoms with van der Waals surface area (Å²) in [6.45, 7) is 8.21. The van der Waals surface area contributed by atoms with E-state index in [4.69, 9.17) is 9.47 Å². The largest absolute Gasteiger partial charge is 0.367 e. The van der Waals surface area contributed by atoms with E-state index in [0.717, 1.165) is 5.56 Å². The summed E-state index contributed by atoms with van der Waals surface area (Å²) >= 11 is 0. The second kappa shape index (κ2) is 10.1. The Hall–Kier alpha value is -1.37. The summed E-state index contributed by atoms with van der Waals surface area (Å²) in [5.41, 5.74) is 0.0407. The first kappa shape index (κ1) is 22.7. The molecule has 6 heteroatoms. The van der Waals surface area contributed by atoms with Crippen molar-refractivity contribution in [1.29, 1.82) is 0 Å². The molecular formula is C20H31NO4S. The lowest BCUT2D eigenvalue weighted by Crippen LogP contribution is -2.58. The van der Waals surface area contributed by atoms with Crippen molar-refractivity contribution in [3.8, 4) is 0 Å². The zero-order valence-electron chi connectivity index (χ0n) is 16.1. The summed E-state index contributed by atoms with van der Waals surface area (Å²) in [5, 5.41) is 2.91. The summed E-state index contributed by atoms with van der Waals surface area (Å²) in [6.07, 6.45) is 0.378. The van der Waals surface area contributed by atoms with E-state index in [0.29, 0.717) is 25.4 Å². The quantitative estimate of drug-likeness (QED) is 0.752. The van der Waals surface area contributed by atoms with Gasteiger partial charge in [-0.3, -0.25) is 9.59 Å². The average Bonchev–Trinajstić information content (AvgIpc) is 2.86. The molecule has 3 atom stereocenters. The number of ether oxygens (including phenoxy) is 2. The molecular weight excluding hydrogens is 350 g/mol. The minimum atomic E-state index is -0.975. The number of amides is 1. The first-order valence-corrected chi connectivity index (χ1v) is 8.99. The van der Waals surface area contributed by atoms with Crippen LogP contribution in [0.5, 0.6) is 0 Å². The Morgan fingerprint density at radius 3 is 2.58 bits per heavy atom. The van der Waals surface area contributed by atoms with Gasteiger partial charge in [-0.2, -0.15) is 13.5 Å². The van der Waals surface area contributed by atoms with Gasteiger partial charge in [0.2, 0.25) is 5.91 Å². The van der Waals surface area contributed by atoms with Crippen LogP contribution in [0.25, 0.3) is 0 Å². The first-order valence-electron chi connectivity index (χ1n) is 8.99. The summed E-state index contributed by atoms with van der Waals surface area (Å²) in [6, 6.07) is 9.76. The summed E-state index contributed by atoms with van der Waals surface area (Å²) in [5.74, 6) is -0.0275. The van der Waals surface area contributed by atoms with Gasteiger partial charge in [0.1, 0.15) is 18.2 Å². The maximum atomic E-state index is 12.8. The summed E-state index contributed by atoms with van der Waals surface area (Å²) in [7, 11) is 0. The molecule has 1 saturated heterocycles. The van der Waals surface area contributed by atoms with E-state index in [2.05, 4.69) is 5.32 Å². The summed E-state index contributed by atoms with van der Waals surface area (Å²) < 4.78 is 11.4. The molecule has 1 N–H and O–H groups in total. The molecule has 2 rings (SSSR count). The van der Waals surface area contributed by atoms with Gasteiger partial charge in [-0.05, 0) is 31.2 Å². The van der Waals surface area contributed by atoms with Crippen LogP contribution in [0, 0.1) is 5.92 Å². The fraction of sp³-hybridized carbons (Fsp3) is 0.600. The van der Waals surface area contributed by atoms with Crippen LogP contribution >= 0.6 is 13.5 Å². The molecule has 1 heterocycles. The maximum Gasteiger partial charge on any atom is 0.250 e. The summed E-state index contributed by atoms with van der Waals surface area (Å²) in [4.78, 5) is 25.1. The molecule has 26 heavy (non-hydrogen) atoms. The van der Waals surface area contributed by atoms with E-state index in [1.54, 1.807) is 6.92 Å². The maximum absolute atomic E-state index is 12.8. The number of carbonyl (C=O) groups is 2. The molecule has 0 saturated carbocycles. The van der Waals surface area contributed by atoms with Gasteiger partial charge < -0.3 is 14.8 Å². The lowest BCUT2D eigenvalue weighted by molar-refractivity contribution is -0.140. The van der Waals surface area contributed by atoms with E-state index < -0.39 is 11.6 Å². The van der Waals surface area contributed by atoms with Crippen molar-refractivity contribution in [2.75, 3.05) is 6.61 Å². The highest BCUT2D eigenvalue weighted by Crippen LogP contribution is 2.25. The number of hydrogen-bond donors (Lipinski definition) is 1. The van der Waals surface area contributed by atoms with Gasteiger partial charge in [0.05, 0.1) is 12.7 Å². The lowest BCUT2D eigenvalue weighted by atomic mass is 9.90. The Balaban J connectivity index is 0.00000338. The fourth-order valence-corrected chi connectivity index (χ4v) is 3.14. The first-order chi connectivity index (χ1) is 11.9. The van der Waals surface area contributed by atoms with E-state index in [-0.39, 0.29) is 37.9 Å². The molecule has 0 bridgehead atoms. The molecule has 1 aliphatic rings. The van der Waals surface area contributed by atoms with Gasteiger partial charge in [-0.25, -0.2) is 0 Å². The smallest absolute Gasteiger partial charge is 0.250 e. The SMILES string of the molecule is CC[C@H]1OCC(=O)[C@]1(C)NC(=O)[C@H](CC(C)C)OCc1ccccc1.S. The molecule has 1 fully saturated rings. The van der Waals surface area contributed by atoms with E-state index in [1.807, 2.05) is 51.1 Å². The van der Waals surface area contributed by atoms with Crippen LogP contribution in [0.1, 0.15) is 46.1 Å². The van der Waals surface area contributed by atoms with Crippen molar-refractivity contribution in [2.24, 2.45) is 5.92 Å².